The molecule has 0 nitrogen and oxygen atoms in total. The van der Waals surface area contributed by atoms with Gasteiger partial charge in [-0.1, -0.05) is 166 Å². The Bertz CT molecular complexity index is 22.3. The van der Waals surface area contributed by atoms with E-state index in [0.29, 0.717) is 0 Å². The lowest BCUT2D eigenvalue weighted by Gasteiger charge is -1.12. The minimum absolute atomic E-state index is 0. The van der Waals surface area contributed by atoms with Gasteiger partial charge in [-0.2, -0.15) is 19.8 Å². The van der Waals surface area contributed by atoms with Crippen LogP contribution in [0.3, 0.4) is 0 Å². The van der Waals surface area contributed by atoms with Gasteiger partial charge in [-0.25, -0.2) is 0 Å². The van der Waals surface area contributed by atoms with Crippen LogP contribution >= 0.6 is 55.5 Å². The summed E-state index contributed by atoms with van der Waals surface area (Å²) in [6.45, 7) is 48.0. The van der Waals surface area contributed by atoms with Crippen molar-refractivity contribution in [2.75, 3.05) is 0 Å². The van der Waals surface area contributed by atoms with Crippen LogP contribution in [0.4, 0.5) is 0 Å². The van der Waals surface area contributed by atoms with Gasteiger partial charge in [0.05, 0.1) is 0 Å². The second-order valence-corrected chi connectivity index (χ2v) is 0. The first-order chi connectivity index (χ1) is 14.0. The van der Waals surface area contributed by atoms with Crippen molar-refractivity contribution < 1.29 is 0 Å². The monoisotopic (exact) mass is 591 g/mol. The molecule has 0 aromatic carbocycles. The first kappa shape index (κ1) is 142. The van der Waals surface area contributed by atoms with Crippen LogP contribution < -0.4 is 0 Å². The lowest BCUT2D eigenvalue weighted by Crippen LogP contribution is -0.856. The number of hydrogen-bond donors (Lipinski definition) is 0. The topological polar surface area (TPSA) is 0 Å². The lowest BCUT2D eigenvalue weighted by molar-refractivity contribution is 1.50. The Morgan fingerprint density at radius 3 is 0.219 bits per heavy atom. The highest BCUT2D eigenvalue weighted by atomic mass is 32.0. The molecule has 6 unspecified atom stereocenters. The summed E-state index contributed by atoms with van der Waals surface area (Å²) in [5, 5.41) is 0. The van der Waals surface area contributed by atoms with E-state index in [1.165, 1.54) is 0 Å². The van der Waals surface area contributed by atoms with E-state index in [0.717, 1.165) is 0 Å². The van der Waals surface area contributed by atoms with Crippen molar-refractivity contribution in [1.29, 1.82) is 0 Å². The zero-order valence-corrected chi connectivity index (χ0v) is 37.2. The van der Waals surface area contributed by atoms with Gasteiger partial charge in [0, 0.05) is 7.43 Å². The van der Waals surface area contributed by atoms with Crippen molar-refractivity contribution in [2.24, 2.45) is 0 Å². The molecule has 0 N–H and O–H groups in total. The third kappa shape index (κ3) is 5350. The summed E-state index contributed by atoms with van der Waals surface area (Å²) < 4.78 is 0. The van der Waals surface area contributed by atoms with E-state index in [1.54, 1.807) is 0 Å². The van der Waals surface area contributed by atoms with Crippen LogP contribution in [0, 0.1) is 14.9 Å². The van der Waals surface area contributed by atoms with Crippen molar-refractivity contribution in [3.8, 4) is 0 Å². The predicted octanol–water partition coefficient (Wildman–Crippen LogP) is 14.6. The molecule has 0 spiro atoms. The van der Waals surface area contributed by atoms with Crippen molar-refractivity contribution in [1.82, 2.24) is 0 Å². The van der Waals surface area contributed by atoms with Gasteiger partial charge in [0.15, 0.2) is 0 Å². The molecular formula is C26H92P6. The fraction of sp³-hybridized carbons (Fsp3) is 0.923. The van der Waals surface area contributed by atoms with E-state index in [4.69, 9.17) is 0 Å². The molecule has 0 aliphatic heterocycles. The Morgan fingerprint density at radius 2 is 0.219 bits per heavy atom. The SMILES string of the molecule is CC.CC.CC.CC.CC.CC.CC.CC.CC.CC.CC.CC.P.P.PP.PP.[CH3+].[CH3-]. The van der Waals surface area contributed by atoms with Gasteiger partial charge in [-0.15, -0.1) is 35.7 Å². The molecule has 0 aromatic heterocycles. The van der Waals surface area contributed by atoms with Crippen LogP contribution in [0.15, 0.2) is 0 Å². The first-order valence-corrected chi connectivity index (χ1v) is 18.0. The van der Waals surface area contributed by atoms with Gasteiger partial charge in [-0.05, 0) is 0 Å². The summed E-state index contributed by atoms with van der Waals surface area (Å²) >= 11 is 0. The second-order valence-electron chi connectivity index (χ2n) is 0. The molecule has 0 bridgehead atoms. The molecule has 0 aromatic rings. The molecule has 0 saturated heterocycles. The number of rotatable bonds is 0. The van der Waals surface area contributed by atoms with Crippen molar-refractivity contribution >= 4 is 55.5 Å². The molecule has 0 aliphatic rings. The molecule has 0 saturated carbocycles. The first-order valence-electron chi connectivity index (χ1n) is 12.7. The molecule has 6 heteroatoms. The van der Waals surface area contributed by atoms with Crippen molar-refractivity contribution in [3.63, 3.8) is 0 Å². The average molecular weight is 591 g/mol. The van der Waals surface area contributed by atoms with E-state index in [1.807, 2.05) is 166 Å². The van der Waals surface area contributed by atoms with Gasteiger partial charge >= 0.3 is 0 Å². The highest BCUT2D eigenvalue weighted by Gasteiger charge is 0.955. The molecule has 0 amide bonds. The van der Waals surface area contributed by atoms with Crippen LogP contribution in [0.2, 0.25) is 0 Å². The predicted molar refractivity (Wildman–Crippen MR) is 210 cm³/mol. The number of hydrogen-bond acceptors (Lipinski definition) is 0. The molecular weight excluding hydrogens is 498 g/mol. The average Bonchev–Trinajstić information content (AvgIpc) is 2.95. The highest BCUT2D eigenvalue weighted by Crippen LogP contribution is 1.86. The molecule has 0 radical (unpaired) electrons. The van der Waals surface area contributed by atoms with Gasteiger partial charge in [0.1, 0.15) is 0 Å². The minimum atomic E-state index is 0. The minimum Gasteiger partial charge on any atom is -0.358 e. The largest absolute Gasteiger partial charge is 0.358 e. The van der Waals surface area contributed by atoms with E-state index >= 15 is 0 Å². The Labute approximate surface area is 236 Å². The maximum absolute atomic E-state index is 2.33. The van der Waals surface area contributed by atoms with E-state index < -0.39 is 0 Å². The molecule has 0 fully saturated rings. The molecule has 226 valence electrons. The van der Waals surface area contributed by atoms with Crippen LogP contribution in [-0.4, -0.2) is 0 Å². The third-order valence-electron chi connectivity index (χ3n) is 0. The van der Waals surface area contributed by atoms with Gasteiger partial charge in [0.2, 0.25) is 0 Å². The molecule has 0 aliphatic carbocycles. The van der Waals surface area contributed by atoms with Crippen LogP contribution in [-0.2, 0) is 0 Å². The quantitative estimate of drug-likeness (QED) is 0.194. The third-order valence-corrected chi connectivity index (χ3v) is 0. The Hall–Kier alpha value is 2.45. The summed E-state index contributed by atoms with van der Waals surface area (Å²) in [6, 6.07) is 0. The molecule has 6 atom stereocenters. The summed E-state index contributed by atoms with van der Waals surface area (Å²) in [4.78, 5) is 0. The van der Waals surface area contributed by atoms with Gasteiger partial charge < -0.3 is 7.43 Å². The van der Waals surface area contributed by atoms with E-state index in [2.05, 4.69) is 35.7 Å². The zero-order chi connectivity index (χ0) is 28.0. The smallest absolute Gasteiger partial charge is 0.0467 e. The fourth-order valence-corrected chi connectivity index (χ4v) is 0. The van der Waals surface area contributed by atoms with Gasteiger partial charge in [-0.3, -0.25) is 0 Å². The Kier molecular flexibility index (Phi) is 26100. The van der Waals surface area contributed by atoms with Crippen LogP contribution in [0.5, 0.6) is 0 Å². The second kappa shape index (κ2) is 5870. The molecule has 0 rings (SSSR count). The van der Waals surface area contributed by atoms with Crippen molar-refractivity contribution in [2.45, 2.75) is 166 Å². The van der Waals surface area contributed by atoms with Gasteiger partial charge in [0.25, 0.3) is 0 Å². The normalized spacial score (nSPS) is 2.62. The van der Waals surface area contributed by atoms with Crippen LogP contribution in [0.1, 0.15) is 166 Å². The van der Waals surface area contributed by atoms with E-state index in [9.17, 15) is 0 Å². The molecule has 32 heavy (non-hydrogen) atoms. The zero-order valence-electron chi connectivity index (χ0n) is 29.7. The standard InChI is InChI=1S/12C2H6.2CH3.2H4P2.2H3P/c12*1-2;;;2*1-2;;/h12*1-2H3;2*1H3;2*1-2H2;2*1H3/q;;;;;;;;;;;;-1;+1;;;;. The Balaban J connectivity index is -0.00000000408. The maximum Gasteiger partial charge on any atom is 0.0467 e. The summed E-state index contributed by atoms with van der Waals surface area (Å²) in [5.74, 6) is 0. The maximum atomic E-state index is 2.33. The van der Waals surface area contributed by atoms with Crippen molar-refractivity contribution in [3.05, 3.63) is 14.9 Å². The summed E-state index contributed by atoms with van der Waals surface area (Å²) in [5.41, 5.74) is 0. The lowest BCUT2D eigenvalue weighted by atomic mass is 11.0. The fourth-order valence-electron chi connectivity index (χ4n) is 0. The van der Waals surface area contributed by atoms with Crippen LogP contribution in [0.25, 0.3) is 0 Å². The Morgan fingerprint density at radius 1 is 0.219 bits per heavy atom. The summed E-state index contributed by atoms with van der Waals surface area (Å²) in [6.07, 6.45) is 0. The van der Waals surface area contributed by atoms with E-state index in [-0.39, 0.29) is 34.7 Å². The molecule has 0 heterocycles. The summed E-state index contributed by atoms with van der Waals surface area (Å²) in [7, 11) is 9.33. The highest BCUT2D eigenvalue weighted by molar-refractivity contribution is 7.92.